The minimum atomic E-state index is 0.0708. The maximum atomic E-state index is 8.93. The highest BCUT2D eigenvalue weighted by atomic mass is 16.5. The van der Waals surface area contributed by atoms with Gasteiger partial charge in [-0.15, -0.1) is 0 Å². The van der Waals surface area contributed by atoms with Crippen LogP contribution < -0.4 is 21.5 Å². The highest BCUT2D eigenvalue weighted by molar-refractivity contribution is 6.17. The molecule has 0 amide bonds. The second kappa shape index (κ2) is 11.0. The Bertz CT molecular complexity index is 1740. The number of hydrogen-bond acceptors (Lipinski definition) is 11. The van der Waals surface area contributed by atoms with E-state index in [2.05, 4.69) is 57.2 Å². The quantitative estimate of drug-likeness (QED) is 0.201. The topological polar surface area (TPSA) is 165 Å². The van der Waals surface area contributed by atoms with Gasteiger partial charge in [-0.3, -0.25) is 5.41 Å². The van der Waals surface area contributed by atoms with E-state index in [1.54, 1.807) is 18.2 Å². The molecule has 1 saturated heterocycles. The summed E-state index contributed by atoms with van der Waals surface area (Å²) in [5.41, 5.74) is 16.1. The summed E-state index contributed by atoms with van der Waals surface area (Å²) in [4.78, 5) is 20.1. The molecule has 11 nitrogen and oxygen atoms in total. The Hall–Kier alpha value is -4.77. The molecule has 6 N–H and O–H groups in total. The molecule has 2 aromatic carbocycles. The van der Waals surface area contributed by atoms with E-state index >= 15 is 0 Å². The van der Waals surface area contributed by atoms with Gasteiger partial charge in [0.2, 0.25) is 5.88 Å². The Labute approximate surface area is 237 Å². The number of hydrogen-bond donors (Lipinski definition) is 4. The summed E-state index contributed by atoms with van der Waals surface area (Å²) >= 11 is 0. The van der Waals surface area contributed by atoms with Crippen LogP contribution in [0.1, 0.15) is 42.1 Å². The Balaban J connectivity index is 1.28. The van der Waals surface area contributed by atoms with Crippen molar-refractivity contribution in [3.8, 4) is 5.88 Å². The van der Waals surface area contributed by atoms with Gasteiger partial charge in [-0.25, -0.2) is 15.0 Å². The van der Waals surface area contributed by atoms with Crippen LogP contribution in [0.15, 0.2) is 53.2 Å². The molecule has 0 atom stereocenters. The lowest BCUT2D eigenvalue weighted by Crippen LogP contribution is -2.38. The molecular formula is C30H33N9O2. The SMILES string of the molecule is CCN1CCC(Oc2nc(CNc3ncnc(N)c3C(=N)c3ccc4oc(N)nc4c3)cc3cccc(C)c23)CC1. The van der Waals surface area contributed by atoms with Gasteiger partial charge in [-0.2, -0.15) is 4.98 Å². The van der Waals surface area contributed by atoms with Crippen molar-refractivity contribution in [1.82, 2.24) is 24.8 Å². The molecule has 6 rings (SSSR count). The number of anilines is 3. The van der Waals surface area contributed by atoms with Crippen molar-refractivity contribution in [3.63, 3.8) is 0 Å². The maximum absolute atomic E-state index is 8.93. The van der Waals surface area contributed by atoms with E-state index in [0.29, 0.717) is 40.5 Å². The number of aryl methyl sites for hydroxylation is 1. The van der Waals surface area contributed by atoms with Gasteiger partial charge in [-0.05, 0) is 61.5 Å². The predicted molar refractivity (Wildman–Crippen MR) is 160 cm³/mol. The van der Waals surface area contributed by atoms with Crippen LogP contribution in [0, 0.1) is 12.3 Å². The van der Waals surface area contributed by atoms with Crippen molar-refractivity contribution in [2.45, 2.75) is 39.3 Å². The van der Waals surface area contributed by atoms with E-state index in [-0.39, 0.29) is 23.6 Å². The second-order valence-corrected chi connectivity index (χ2v) is 10.3. The number of nitrogen functional groups attached to an aromatic ring is 2. The predicted octanol–water partition coefficient (Wildman–Crippen LogP) is 4.53. The van der Waals surface area contributed by atoms with Gasteiger partial charge >= 0.3 is 0 Å². The fourth-order valence-electron chi connectivity index (χ4n) is 5.38. The maximum Gasteiger partial charge on any atom is 0.292 e. The van der Waals surface area contributed by atoms with Gasteiger partial charge in [0.1, 0.15) is 29.6 Å². The van der Waals surface area contributed by atoms with Crippen LogP contribution in [0.4, 0.5) is 17.7 Å². The highest BCUT2D eigenvalue weighted by Gasteiger charge is 2.22. The van der Waals surface area contributed by atoms with Crippen molar-refractivity contribution in [2.24, 2.45) is 0 Å². The van der Waals surface area contributed by atoms with Crippen molar-refractivity contribution >= 4 is 45.2 Å². The summed E-state index contributed by atoms with van der Waals surface area (Å²) in [5.74, 6) is 1.28. The monoisotopic (exact) mass is 551 g/mol. The number of nitrogens with two attached hydrogens (primary N) is 2. The van der Waals surface area contributed by atoms with E-state index in [0.717, 1.165) is 54.5 Å². The minimum Gasteiger partial charge on any atom is -0.474 e. The lowest BCUT2D eigenvalue weighted by Gasteiger charge is -2.31. The first kappa shape index (κ1) is 26.5. The molecule has 0 unspecified atom stereocenters. The summed E-state index contributed by atoms with van der Waals surface area (Å²) in [6, 6.07) is 13.6. The van der Waals surface area contributed by atoms with Crippen molar-refractivity contribution in [1.29, 1.82) is 5.41 Å². The Morgan fingerprint density at radius 3 is 2.76 bits per heavy atom. The lowest BCUT2D eigenvalue weighted by molar-refractivity contribution is 0.101. The average Bonchev–Trinajstić information content (AvgIpc) is 3.35. The summed E-state index contributed by atoms with van der Waals surface area (Å²) in [6.07, 6.45) is 3.46. The molecular weight excluding hydrogens is 518 g/mol. The van der Waals surface area contributed by atoms with E-state index in [9.17, 15) is 0 Å². The second-order valence-electron chi connectivity index (χ2n) is 10.3. The summed E-state index contributed by atoms with van der Waals surface area (Å²) < 4.78 is 11.9. The number of fused-ring (bicyclic) bond motifs is 2. The number of ether oxygens (including phenoxy) is 1. The molecule has 5 aromatic rings. The molecule has 1 aliphatic rings. The number of rotatable bonds is 8. The van der Waals surface area contributed by atoms with E-state index in [1.807, 2.05) is 6.07 Å². The number of piperidine rings is 1. The van der Waals surface area contributed by atoms with Gasteiger partial charge < -0.3 is 30.8 Å². The number of nitrogens with zero attached hydrogens (tertiary/aromatic N) is 5. The van der Waals surface area contributed by atoms with Gasteiger partial charge in [0, 0.05) is 24.0 Å². The minimum absolute atomic E-state index is 0.0708. The third-order valence-electron chi connectivity index (χ3n) is 7.60. The van der Waals surface area contributed by atoms with Crippen LogP contribution >= 0.6 is 0 Å². The largest absolute Gasteiger partial charge is 0.474 e. The first-order valence-corrected chi connectivity index (χ1v) is 13.8. The standard InChI is InChI=1S/C30H33N9O2/c1-3-39-11-9-21(10-12-39)40-29-24-17(2)5-4-6-18(24)13-20(37-29)15-34-28-25(27(32)35-16-36-28)26(31)19-7-8-23-22(14-19)38-30(33)41-23/h4-8,13-14,16,21,31H,3,9-12,15H2,1-2H3,(H2,33,38)(H3,32,34,35,36). The van der Waals surface area contributed by atoms with Gasteiger partial charge in [0.25, 0.3) is 6.01 Å². The summed E-state index contributed by atoms with van der Waals surface area (Å²) in [6.45, 7) is 7.75. The van der Waals surface area contributed by atoms with Crippen LogP contribution in [0.5, 0.6) is 5.88 Å². The van der Waals surface area contributed by atoms with Crippen LogP contribution in [0.2, 0.25) is 0 Å². The molecule has 0 spiro atoms. The third-order valence-corrected chi connectivity index (χ3v) is 7.60. The molecule has 0 aliphatic carbocycles. The fourth-order valence-corrected chi connectivity index (χ4v) is 5.38. The van der Waals surface area contributed by atoms with Crippen LogP contribution in [-0.4, -0.2) is 56.3 Å². The molecule has 210 valence electrons. The lowest BCUT2D eigenvalue weighted by atomic mass is 10.0. The van der Waals surface area contributed by atoms with E-state index in [4.69, 9.17) is 31.0 Å². The highest BCUT2D eigenvalue weighted by Crippen LogP contribution is 2.31. The van der Waals surface area contributed by atoms with E-state index < -0.39 is 0 Å². The van der Waals surface area contributed by atoms with Crippen LogP contribution in [0.3, 0.4) is 0 Å². The summed E-state index contributed by atoms with van der Waals surface area (Å²) in [7, 11) is 0. The van der Waals surface area contributed by atoms with Gasteiger partial charge in [-0.1, -0.05) is 25.1 Å². The number of nitrogens with one attached hydrogen (secondary N) is 2. The molecule has 0 radical (unpaired) electrons. The van der Waals surface area contributed by atoms with Crippen molar-refractivity contribution in [3.05, 3.63) is 71.2 Å². The van der Waals surface area contributed by atoms with Crippen molar-refractivity contribution in [2.75, 3.05) is 36.4 Å². The smallest absolute Gasteiger partial charge is 0.292 e. The molecule has 0 saturated carbocycles. The van der Waals surface area contributed by atoms with E-state index in [1.165, 1.54) is 6.33 Å². The summed E-state index contributed by atoms with van der Waals surface area (Å²) in [5, 5.41) is 14.4. The van der Waals surface area contributed by atoms with Gasteiger partial charge in [0.05, 0.1) is 23.5 Å². The molecule has 3 aromatic heterocycles. The number of pyridine rings is 1. The molecule has 0 bridgehead atoms. The molecule has 1 fully saturated rings. The Morgan fingerprint density at radius 1 is 1.12 bits per heavy atom. The molecule has 4 heterocycles. The number of benzene rings is 2. The zero-order valence-corrected chi connectivity index (χ0v) is 23.1. The van der Waals surface area contributed by atoms with Crippen LogP contribution in [0.25, 0.3) is 21.9 Å². The number of aromatic nitrogens is 4. The molecule has 41 heavy (non-hydrogen) atoms. The fraction of sp³-hybridized carbons (Fsp3) is 0.300. The Morgan fingerprint density at radius 2 is 1.95 bits per heavy atom. The number of likely N-dealkylation sites (tertiary alicyclic amines) is 1. The van der Waals surface area contributed by atoms with Crippen molar-refractivity contribution < 1.29 is 9.15 Å². The normalized spacial score (nSPS) is 14.5. The zero-order valence-electron chi connectivity index (χ0n) is 23.1. The first-order chi connectivity index (χ1) is 19.9. The zero-order chi connectivity index (χ0) is 28.5. The van der Waals surface area contributed by atoms with Crippen LogP contribution in [-0.2, 0) is 6.54 Å². The van der Waals surface area contributed by atoms with Gasteiger partial charge in [0.15, 0.2) is 5.58 Å². The third kappa shape index (κ3) is 5.36. The number of oxazole rings is 1. The first-order valence-electron chi connectivity index (χ1n) is 13.8. The average molecular weight is 552 g/mol. The Kier molecular flexibility index (Phi) is 7.10. The molecule has 11 heteroatoms. The molecule has 1 aliphatic heterocycles.